The number of nitrogens with one attached hydrogen (secondary N) is 1. The molecule has 0 atom stereocenters. The van der Waals surface area contributed by atoms with Gasteiger partial charge < -0.3 is 10.2 Å². The van der Waals surface area contributed by atoms with Gasteiger partial charge in [0.1, 0.15) is 5.70 Å². The number of hydrogen-bond acceptors (Lipinski definition) is 3. The van der Waals surface area contributed by atoms with Gasteiger partial charge in [0.2, 0.25) is 0 Å². The highest BCUT2D eigenvalue weighted by Gasteiger charge is 2.33. The quantitative estimate of drug-likeness (QED) is 0.582. The van der Waals surface area contributed by atoms with Gasteiger partial charge >= 0.3 is 6.03 Å². The van der Waals surface area contributed by atoms with E-state index >= 15 is 0 Å². The molecule has 4 rings (SSSR count). The number of carbonyl (C=O) groups excluding carboxylic acids is 2. The predicted octanol–water partition coefficient (Wildman–Crippen LogP) is 4.69. The second kappa shape index (κ2) is 7.86. The number of carbonyl (C=O) groups is 2. The molecule has 0 unspecified atom stereocenters. The average Bonchev–Trinajstić information content (AvgIpc) is 3.30. The van der Waals surface area contributed by atoms with E-state index in [9.17, 15) is 9.59 Å². The van der Waals surface area contributed by atoms with Crippen LogP contribution in [-0.4, -0.2) is 29.9 Å². The zero-order valence-corrected chi connectivity index (χ0v) is 16.6. The van der Waals surface area contributed by atoms with Crippen LogP contribution in [-0.2, 0) is 11.3 Å². The monoisotopic (exact) mass is 415 g/mol. The Balaban J connectivity index is 1.49. The van der Waals surface area contributed by atoms with Crippen molar-refractivity contribution in [2.75, 3.05) is 18.0 Å². The van der Waals surface area contributed by atoms with Crippen LogP contribution in [0.5, 0.6) is 0 Å². The first-order valence-electron chi connectivity index (χ1n) is 9.15. The summed E-state index contributed by atoms with van der Waals surface area (Å²) >= 11 is 11.9. The summed E-state index contributed by atoms with van der Waals surface area (Å²) < 4.78 is 0. The van der Waals surface area contributed by atoms with E-state index in [0.29, 0.717) is 10.0 Å². The van der Waals surface area contributed by atoms with Crippen LogP contribution >= 0.6 is 23.2 Å². The van der Waals surface area contributed by atoms with E-state index in [1.165, 1.54) is 18.5 Å². The van der Waals surface area contributed by atoms with Crippen molar-refractivity contribution in [3.63, 3.8) is 0 Å². The van der Waals surface area contributed by atoms with E-state index in [-0.39, 0.29) is 18.1 Å². The SMILES string of the molecule is O=C1N/C(=C\c2ccc(N3CCCC3)cc2)C(=O)N1Cc1ccc(Cl)c(Cl)c1. The Morgan fingerprint density at radius 1 is 0.964 bits per heavy atom. The normalized spacial score (nSPS) is 18.3. The molecule has 5 nitrogen and oxygen atoms in total. The van der Waals surface area contributed by atoms with Crippen molar-refractivity contribution in [3.05, 3.63) is 69.3 Å². The Morgan fingerprint density at radius 2 is 1.68 bits per heavy atom. The standard InChI is InChI=1S/C21H19Cl2N3O2/c22-17-8-5-15(11-18(17)23)13-26-20(27)19(24-21(26)28)12-14-3-6-16(7-4-14)25-9-1-2-10-25/h3-8,11-12H,1-2,9-10,13H2,(H,24,28)/b19-12-. The minimum absolute atomic E-state index is 0.132. The summed E-state index contributed by atoms with van der Waals surface area (Å²) in [4.78, 5) is 28.4. The third-order valence-electron chi connectivity index (χ3n) is 4.96. The Labute approximate surface area is 173 Å². The van der Waals surface area contributed by atoms with Gasteiger partial charge in [-0.15, -0.1) is 0 Å². The molecule has 0 aromatic heterocycles. The molecule has 0 radical (unpaired) electrons. The van der Waals surface area contributed by atoms with Crippen molar-refractivity contribution in [3.8, 4) is 0 Å². The van der Waals surface area contributed by atoms with Gasteiger partial charge in [-0.3, -0.25) is 9.69 Å². The second-order valence-electron chi connectivity index (χ2n) is 6.91. The molecule has 0 aliphatic carbocycles. The second-order valence-corrected chi connectivity index (χ2v) is 7.73. The Bertz CT molecular complexity index is 951. The van der Waals surface area contributed by atoms with Crippen molar-refractivity contribution in [1.82, 2.24) is 10.2 Å². The van der Waals surface area contributed by atoms with Crippen molar-refractivity contribution < 1.29 is 9.59 Å². The molecular weight excluding hydrogens is 397 g/mol. The van der Waals surface area contributed by atoms with E-state index in [0.717, 1.165) is 29.1 Å². The summed E-state index contributed by atoms with van der Waals surface area (Å²) in [5.74, 6) is -0.361. The molecule has 0 spiro atoms. The molecule has 2 fully saturated rings. The third-order valence-corrected chi connectivity index (χ3v) is 5.70. The third kappa shape index (κ3) is 3.86. The van der Waals surface area contributed by atoms with Gasteiger partial charge in [-0.05, 0) is 54.3 Å². The zero-order chi connectivity index (χ0) is 19.7. The summed E-state index contributed by atoms with van der Waals surface area (Å²) in [7, 11) is 0. The number of anilines is 1. The molecular formula is C21H19Cl2N3O2. The van der Waals surface area contributed by atoms with E-state index < -0.39 is 6.03 Å². The number of urea groups is 1. The zero-order valence-electron chi connectivity index (χ0n) is 15.1. The Hall–Kier alpha value is -2.50. The highest BCUT2D eigenvalue weighted by atomic mass is 35.5. The summed E-state index contributed by atoms with van der Waals surface area (Å²) in [6.07, 6.45) is 4.14. The van der Waals surface area contributed by atoms with E-state index in [2.05, 4.69) is 10.2 Å². The van der Waals surface area contributed by atoms with Gasteiger partial charge in [-0.2, -0.15) is 0 Å². The summed E-state index contributed by atoms with van der Waals surface area (Å²) in [6, 6.07) is 12.6. The molecule has 0 saturated carbocycles. The molecule has 2 aliphatic rings. The number of halogens is 2. The lowest BCUT2D eigenvalue weighted by Crippen LogP contribution is -2.30. The maximum Gasteiger partial charge on any atom is 0.329 e. The minimum Gasteiger partial charge on any atom is -0.372 e. The lowest BCUT2D eigenvalue weighted by molar-refractivity contribution is -0.123. The van der Waals surface area contributed by atoms with Crippen molar-refractivity contribution in [2.45, 2.75) is 19.4 Å². The summed E-state index contributed by atoms with van der Waals surface area (Å²) in [5, 5.41) is 3.47. The van der Waals surface area contributed by atoms with Gasteiger partial charge in [-0.1, -0.05) is 41.4 Å². The fraction of sp³-hybridized carbons (Fsp3) is 0.238. The molecule has 2 aromatic rings. The van der Waals surface area contributed by atoms with Crippen molar-refractivity contribution in [2.24, 2.45) is 0 Å². The number of hydrogen-bond donors (Lipinski definition) is 1. The number of imide groups is 1. The lowest BCUT2D eigenvalue weighted by atomic mass is 10.1. The maximum absolute atomic E-state index is 12.7. The van der Waals surface area contributed by atoms with Crippen LogP contribution in [0.25, 0.3) is 6.08 Å². The summed E-state index contributed by atoms with van der Waals surface area (Å²) in [6.45, 7) is 2.30. The Morgan fingerprint density at radius 3 is 2.36 bits per heavy atom. The first kappa shape index (κ1) is 18.8. The Kier molecular flexibility index (Phi) is 5.29. The molecule has 3 amide bonds. The van der Waals surface area contributed by atoms with Gasteiger partial charge in [0.05, 0.1) is 16.6 Å². The molecule has 28 heavy (non-hydrogen) atoms. The van der Waals surface area contributed by atoms with Crippen molar-refractivity contribution >= 4 is 46.9 Å². The number of nitrogens with zero attached hydrogens (tertiary/aromatic N) is 2. The maximum atomic E-state index is 12.7. The van der Waals surface area contributed by atoms with E-state index in [4.69, 9.17) is 23.2 Å². The van der Waals surface area contributed by atoms with Gasteiger partial charge in [-0.25, -0.2) is 4.79 Å². The van der Waals surface area contributed by atoms with Crippen LogP contribution in [0, 0.1) is 0 Å². The predicted molar refractivity (Wildman–Crippen MR) is 111 cm³/mol. The highest BCUT2D eigenvalue weighted by Crippen LogP contribution is 2.25. The smallest absolute Gasteiger partial charge is 0.329 e. The molecule has 1 N–H and O–H groups in total. The number of benzene rings is 2. The lowest BCUT2D eigenvalue weighted by Gasteiger charge is -2.17. The van der Waals surface area contributed by atoms with Crippen molar-refractivity contribution in [1.29, 1.82) is 0 Å². The minimum atomic E-state index is -0.448. The fourth-order valence-corrected chi connectivity index (χ4v) is 3.78. The van der Waals surface area contributed by atoms with E-state index in [1.54, 1.807) is 24.3 Å². The largest absolute Gasteiger partial charge is 0.372 e. The average molecular weight is 416 g/mol. The molecule has 144 valence electrons. The molecule has 2 saturated heterocycles. The molecule has 2 heterocycles. The highest BCUT2D eigenvalue weighted by molar-refractivity contribution is 6.42. The van der Waals surface area contributed by atoms with Gasteiger partial charge in [0.25, 0.3) is 5.91 Å². The first-order valence-corrected chi connectivity index (χ1v) is 9.90. The van der Waals surface area contributed by atoms with Crippen LogP contribution in [0.15, 0.2) is 48.2 Å². The first-order chi connectivity index (χ1) is 13.5. The van der Waals surface area contributed by atoms with Crippen LogP contribution in [0.2, 0.25) is 10.0 Å². The summed E-state index contributed by atoms with van der Waals surface area (Å²) in [5.41, 5.74) is 3.04. The van der Waals surface area contributed by atoms with Crippen LogP contribution < -0.4 is 10.2 Å². The van der Waals surface area contributed by atoms with Crippen LogP contribution in [0.1, 0.15) is 24.0 Å². The van der Waals surface area contributed by atoms with E-state index in [1.807, 2.05) is 24.3 Å². The van der Waals surface area contributed by atoms with Crippen LogP contribution in [0.3, 0.4) is 0 Å². The number of rotatable bonds is 4. The van der Waals surface area contributed by atoms with Gasteiger partial charge in [0, 0.05) is 18.8 Å². The fourth-order valence-electron chi connectivity index (χ4n) is 3.46. The molecule has 0 bridgehead atoms. The number of amides is 3. The molecule has 2 aliphatic heterocycles. The topological polar surface area (TPSA) is 52.7 Å². The molecule has 2 aromatic carbocycles. The van der Waals surface area contributed by atoms with Crippen LogP contribution in [0.4, 0.5) is 10.5 Å². The molecule has 7 heteroatoms. The van der Waals surface area contributed by atoms with Gasteiger partial charge in [0.15, 0.2) is 0 Å².